The molecule has 3 atom stereocenters. The minimum atomic E-state index is -1.17. The number of ether oxygens (including phenoxy) is 3. The van der Waals surface area contributed by atoms with E-state index in [2.05, 4.69) is 11.9 Å². The second-order valence-electron chi connectivity index (χ2n) is 11.6. The van der Waals surface area contributed by atoms with Crippen molar-refractivity contribution in [3.8, 4) is 0 Å². The fourth-order valence-corrected chi connectivity index (χ4v) is 4.27. The molecule has 0 spiro atoms. The number of hydrogen-bond donors (Lipinski definition) is 1. The molecule has 232 valence electrons. The Morgan fingerprint density at radius 3 is 1.98 bits per heavy atom. The van der Waals surface area contributed by atoms with Crippen molar-refractivity contribution in [3.05, 3.63) is 84.4 Å². The van der Waals surface area contributed by atoms with Crippen LogP contribution in [-0.4, -0.2) is 41.8 Å². The number of carbonyl (C=O) groups is 5. The average Bonchev–Trinajstić information content (AvgIpc) is 2.95. The molecule has 0 aliphatic carbocycles. The van der Waals surface area contributed by atoms with Gasteiger partial charge in [-0.15, -0.1) is 0 Å². The third-order valence-electron chi connectivity index (χ3n) is 6.47. The molecule has 0 saturated heterocycles. The standard InChI is InChI=1S/C34H43NO8/c1-7-18-41-33(40)27(23(2)3)21-28(36)31(25-16-12-9-13-17-25)35-32(39)26(20-30(38)43-34(4,5)6)19-29(37)42-22-24-14-10-8-11-15-24/h7-17,23,26-27,31H,1,18-22H2,2-6H3,(H,35,39)/t26-,27-,31-/m0/s1. The molecular weight excluding hydrogens is 550 g/mol. The quantitative estimate of drug-likeness (QED) is 0.158. The predicted octanol–water partition coefficient (Wildman–Crippen LogP) is 5.29. The molecule has 0 heterocycles. The van der Waals surface area contributed by atoms with E-state index >= 15 is 0 Å². The van der Waals surface area contributed by atoms with Crippen molar-refractivity contribution in [2.45, 2.75) is 72.1 Å². The van der Waals surface area contributed by atoms with Gasteiger partial charge in [0.05, 0.1) is 24.7 Å². The van der Waals surface area contributed by atoms with Crippen molar-refractivity contribution >= 4 is 29.6 Å². The van der Waals surface area contributed by atoms with Crippen LogP contribution in [0.1, 0.15) is 71.0 Å². The van der Waals surface area contributed by atoms with Gasteiger partial charge in [0, 0.05) is 6.42 Å². The maximum absolute atomic E-state index is 13.7. The fraction of sp³-hybridized carbons (Fsp3) is 0.441. The van der Waals surface area contributed by atoms with Crippen LogP contribution in [0.15, 0.2) is 73.3 Å². The number of esters is 3. The van der Waals surface area contributed by atoms with Crippen molar-refractivity contribution in [2.24, 2.45) is 17.8 Å². The van der Waals surface area contributed by atoms with Gasteiger partial charge in [-0.25, -0.2) is 0 Å². The molecule has 9 heteroatoms. The van der Waals surface area contributed by atoms with Crippen LogP contribution in [0.25, 0.3) is 0 Å². The lowest BCUT2D eigenvalue weighted by molar-refractivity contribution is -0.158. The van der Waals surface area contributed by atoms with E-state index < -0.39 is 65.9 Å². The number of ketones is 1. The Balaban J connectivity index is 2.29. The molecule has 0 bridgehead atoms. The maximum atomic E-state index is 13.7. The molecule has 9 nitrogen and oxygen atoms in total. The molecule has 1 N–H and O–H groups in total. The molecule has 43 heavy (non-hydrogen) atoms. The lowest BCUT2D eigenvalue weighted by Crippen LogP contribution is -2.41. The van der Waals surface area contributed by atoms with Crippen molar-refractivity contribution < 1.29 is 38.2 Å². The minimum absolute atomic E-state index is 0.00409. The molecule has 0 aromatic heterocycles. The van der Waals surface area contributed by atoms with Crippen molar-refractivity contribution in [3.63, 3.8) is 0 Å². The Morgan fingerprint density at radius 1 is 0.837 bits per heavy atom. The molecule has 0 aliphatic rings. The van der Waals surface area contributed by atoms with E-state index in [1.807, 2.05) is 18.2 Å². The molecule has 0 unspecified atom stereocenters. The minimum Gasteiger partial charge on any atom is -0.461 e. The second kappa shape index (κ2) is 17.0. The van der Waals surface area contributed by atoms with Crippen molar-refractivity contribution in [1.29, 1.82) is 0 Å². The third-order valence-corrected chi connectivity index (χ3v) is 6.47. The number of benzene rings is 2. The summed E-state index contributed by atoms with van der Waals surface area (Å²) in [6.45, 7) is 12.3. The smallest absolute Gasteiger partial charge is 0.309 e. The van der Waals surface area contributed by atoms with E-state index in [-0.39, 0.29) is 25.6 Å². The summed E-state index contributed by atoms with van der Waals surface area (Å²) in [6.07, 6.45) is 0.445. The zero-order valence-corrected chi connectivity index (χ0v) is 25.7. The highest BCUT2D eigenvalue weighted by Gasteiger charge is 2.34. The highest BCUT2D eigenvalue weighted by Crippen LogP contribution is 2.25. The van der Waals surface area contributed by atoms with Crippen LogP contribution in [0.5, 0.6) is 0 Å². The summed E-state index contributed by atoms with van der Waals surface area (Å²) in [5, 5.41) is 2.73. The zero-order valence-electron chi connectivity index (χ0n) is 25.7. The summed E-state index contributed by atoms with van der Waals surface area (Å²) in [5.74, 6) is -5.14. The van der Waals surface area contributed by atoms with Crippen molar-refractivity contribution in [1.82, 2.24) is 5.32 Å². The van der Waals surface area contributed by atoms with Gasteiger partial charge < -0.3 is 19.5 Å². The van der Waals surface area contributed by atoms with Crippen LogP contribution < -0.4 is 5.32 Å². The highest BCUT2D eigenvalue weighted by molar-refractivity contribution is 5.94. The van der Waals surface area contributed by atoms with Crippen molar-refractivity contribution in [2.75, 3.05) is 6.61 Å². The first-order valence-electron chi connectivity index (χ1n) is 14.4. The molecule has 2 aromatic rings. The van der Waals surface area contributed by atoms with Gasteiger partial charge in [-0.05, 0) is 37.8 Å². The van der Waals surface area contributed by atoms with Crippen LogP contribution in [0, 0.1) is 17.8 Å². The Hall–Kier alpha value is -4.27. The van der Waals surface area contributed by atoms with Gasteiger partial charge in [0.1, 0.15) is 24.9 Å². The van der Waals surface area contributed by atoms with Gasteiger partial charge in [-0.1, -0.05) is 87.2 Å². The Bertz CT molecular complexity index is 1230. The number of nitrogens with one attached hydrogen (secondary N) is 1. The first-order valence-corrected chi connectivity index (χ1v) is 14.4. The fourth-order valence-electron chi connectivity index (χ4n) is 4.27. The summed E-state index contributed by atoms with van der Waals surface area (Å²) >= 11 is 0. The SMILES string of the molecule is C=CCOC(=O)[C@@H](CC(=O)[C@@H](NC(=O)[C@@H](CC(=O)OCc1ccccc1)CC(=O)OC(C)(C)C)c1ccccc1)C(C)C. The van der Waals surface area contributed by atoms with E-state index in [0.29, 0.717) is 5.56 Å². The first-order chi connectivity index (χ1) is 20.3. The van der Waals surface area contributed by atoms with E-state index in [1.54, 1.807) is 77.1 Å². The van der Waals surface area contributed by atoms with Gasteiger partial charge in [-0.3, -0.25) is 24.0 Å². The monoisotopic (exact) mass is 593 g/mol. The summed E-state index contributed by atoms with van der Waals surface area (Å²) in [5.41, 5.74) is 0.455. The Morgan fingerprint density at radius 2 is 1.42 bits per heavy atom. The zero-order chi connectivity index (χ0) is 32.0. The van der Waals surface area contributed by atoms with E-state index in [9.17, 15) is 24.0 Å². The van der Waals surface area contributed by atoms with Gasteiger partial charge in [-0.2, -0.15) is 0 Å². The molecule has 0 saturated carbocycles. The van der Waals surface area contributed by atoms with Crippen LogP contribution in [-0.2, 0) is 44.8 Å². The second-order valence-corrected chi connectivity index (χ2v) is 11.6. The normalized spacial score (nSPS) is 13.3. The summed E-state index contributed by atoms with van der Waals surface area (Å²) in [6, 6.07) is 16.5. The summed E-state index contributed by atoms with van der Waals surface area (Å²) in [7, 11) is 0. The lowest BCUT2D eigenvalue weighted by Gasteiger charge is -2.25. The maximum Gasteiger partial charge on any atom is 0.309 e. The third kappa shape index (κ3) is 12.6. The number of carbonyl (C=O) groups excluding carboxylic acids is 5. The largest absolute Gasteiger partial charge is 0.461 e. The molecule has 0 aliphatic heterocycles. The number of Topliss-reactive ketones (excluding diaryl/α,β-unsaturated/α-hetero) is 1. The van der Waals surface area contributed by atoms with Gasteiger partial charge in [0.15, 0.2) is 5.78 Å². The van der Waals surface area contributed by atoms with E-state index in [0.717, 1.165) is 5.56 Å². The van der Waals surface area contributed by atoms with Crippen LogP contribution in [0.2, 0.25) is 0 Å². The summed E-state index contributed by atoms with van der Waals surface area (Å²) < 4.78 is 16.0. The Kier molecular flexibility index (Phi) is 13.8. The van der Waals surface area contributed by atoms with E-state index in [1.165, 1.54) is 6.08 Å². The van der Waals surface area contributed by atoms with E-state index in [4.69, 9.17) is 14.2 Å². The van der Waals surface area contributed by atoms with Gasteiger partial charge in [0.2, 0.25) is 5.91 Å². The van der Waals surface area contributed by atoms with Crippen LogP contribution in [0.3, 0.4) is 0 Å². The number of rotatable bonds is 16. The molecule has 2 rings (SSSR count). The van der Waals surface area contributed by atoms with Gasteiger partial charge in [0.25, 0.3) is 0 Å². The van der Waals surface area contributed by atoms with Crippen LogP contribution >= 0.6 is 0 Å². The first kappa shape index (κ1) is 34.9. The topological polar surface area (TPSA) is 125 Å². The molecular formula is C34H43NO8. The average molecular weight is 594 g/mol. The summed E-state index contributed by atoms with van der Waals surface area (Å²) in [4.78, 5) is 65.5. The molecule has 1 amide bonds. The lowest BCUT2D eigenvalue weighted by atomic mass is 9.87. The van der Waals surface area contributed by atoms with Gasteiger partial charge >= 0.3 is 17.9 Å². The number of amides is 1. The highest BCUT2D eigenvalue weighted by atomic mass is 16.6. The molecule has 2 aromatic carbocycles. The predicted molar refractivity (Wildman–Crippen MR) is 161 cm³/mol. The Labute approximate surface area is 254 Å². The number of hydrogen-bond acceptors (Lipinski definition) is 8. The molecule has 0 radical (unpaired) electrons. The molecule has 0 fully saturated rings. The van der Waals surface area contributed by atoms with Crippen LogP contribution in [0.4, 0.5) is 0 Å².